The predicted molar refractivity (Wildman–Crippen MR) is 17.4 cm³/mol. The zero-order chi connectivity index (χ0) is 4.28. The van der Waals surface area contributed by atoms with Gasteiger partial charge in [-0.15, -0.1) is 0 Å². The van der Waals surface area contributed by atoms with Crippen LogP contribution in [0.5, 0.6) is 0 Å². The summed E-state index contributed by atoms with van der Waals surface area (Å²) in [7, 11) is 0. The highest BCUT2D eigenvalue weighted by molar-refractivity contribution is 5.56. The van der Waals surface area contributed by atoms with Crippen LogP contribution in [-0.4, -0.2) is 17.5 Å². The Balaban J connectivity index is 2.83. The lowest BCUT2D eigenvalue weighted by atomic mass is 10.5. The van der Waals surface area contributed by atoms with Gasteiger partial charge >= 0.3 is 0 Å². The van der Waals surface area contributed by atoms with E-state index in [4.69, 9.17) is 5.11 Å². The smallest absolute Gasteiger partial charge is 0.148 e. The minimum absolute atomic E-state index is 0.361. The number of rotatable bonds is 1. The Bertz CT molecular complexity index is 31.9. The molecule has 2 heteroatoms. The molecule has 0 spiro atoms. The zero-order valence-electron chi connectivity index (χ0n) is 2.72. The van der Waals surface area contributed by atoms with Crippen LogP contribution in [0.15, 0.2) is 0 Å². The fourth-order valence-corrected chi connectivity index (χ4v) is 0. The fraction of sp³-hybridized carbons (Fsp3) is 0.333. The van der Waals surface area contributed by atoms with Crippen LogP contribution in [0.3, 0.4) is 0 Å². The quantitative estimate of drug-likeness (QED) is 0.420. The molecule has 1 N–H and O–H groups in total. The molecule has 0 rings (SSSR count). The van der Waals surface area contributed by atoms with Gasteiger partial charge in [-0.1, -0.05) is 0 Å². The van der Waals surface area contributed by atoms with Gasteiger partial charge in [0.1, 0.15) is 12.4 Å². The topological polar surface area (TPSA) is 37.3 Å². The summed E-state index contributed by atoms with van der Waals surface area (Å²) in [5.41, 5.74) is 0. The highest BCUT2D eigenvalue weighted by Crippen LogP contribution is 1.61. The van der Waals surface area contributed by atoms with Crippen LogP contribution >= 0.6 is 0 Å². The first-order valence-corrected chi connectivity index (χ1v) is 1.24. The first-order chi connectivity index (χ1) is 2.27. The molecule has 0 aliphatic heterocycles. The molecule has 0 aliphatic carbocycles. The maximum Gasteiger partial charge on any atom is 0.148 e. The molecular formula is C3H5O2. The minimum Gasteiger partial charge on any atom is -0.386 e. The minimum atomic E-state index is -1.05. The van der Waals surface area contributed by atoms with Crippen molar-refractivity contribution in [2.75, 3.05) is 0 Å². The summed E-state index contributed by atoms with van der Waals surface area (Å²) in [5.74, 6) is 0. The summed E-state index contributed by atoms with van der Waals surface area (Å²) in [5, 5.41) is 7.88. The predicted octanol–water partition coefficient (Wildman–Crippen LogP) is -0.620. The van der Waals surface area contributed by atoms with Gasteiger partial charge in [-0.25, -0.2) is 0 Å². The van der Waals surface area contributed by atoms with E-state index in [1.807, 2.05) is 0 Å². The van der Waals surface area contributed by atoms with Crippen LogP contribution in [0.25, 0.3) is 0 Å². The zero-order valence-corrected chi connectivity index (χ0v) is 2.72. The highest BCUT2D eigenvalue weighted by Gasteiger charge is 1.81. The summed E-state index contributed by atoms with van der Waals surface area (Å²) in [6, 6.07) is 0. The second-order valence-corrected chi connectivity index (χ2v) is 0.703. The SMILES string of the molecule is [CH2][C@@H](O)C=O. The van der Waals surface area contributed by atoms with Crippen molar-refractivity contribution in [2.24, 2.45) is 0 Å². The molecule has 0 fully saturated rings. The summed E-state index contributed by atoms with van der Waals surface area (Å²) >= 11 is 0. The molecule has 0 aliphatic rings. The average molecular weight is 73.1 g/mol. The van der Waals surface area contributed by atoms with Crippen molar-refractivity contribution >= 4 is 6.29 Å². The number of carbonyl (C=O) groups is 1. The van der Waals surface area contributed by atoms with Gasteiger partial charge in [0.2, 0.25) is 0 Å². The molecule has 0 aromatic heterocycles. The van der Waals surface area contributed by atoms with Crippen molar-refractivity contribution in [2.45, 2.75) is 6.10 Å². The van der Waals surface area contributed by atoms with Crippen molar-refractivity contribution in [3.05, 3.63) is 6.92 Å². The van der Waals surface area contributed by atoms with E-state index in [-0.39, 0.29) is 0 Å². The molecule has 0 saturated carbocycles. The standard InChI is InChI=1S/C3H5O2/c1-3(5)2-4/h2-3,5H,1H2/t3-/m1/s1. The van der Waals surface area contributed by atoms with E-state index in [0.29, 0.717) is 6.29 Å². The van der Waals surface area contributed by atoms with Crippen LogP contribution in [0.4, 0.5) is 0 Å². The molecule has 0 unspecified atom stereocenters. The normalized spacial score (nSPS) is 14.0. The third kappa shape index (κ3) is 3.63. The molecule has 0 aromatic carbocycles. The molecule has 29 valence electrons. The molecule has 0 bridgehead atoms. The Morgan fingerprint density at radius 2 is 2.20 bits per heavy atom. The molecule has 0 aromatic rings. The Labute approximate surface area is 30.4 Å². The number of aliphatic hydroxyl groups is 1. The van der Waals surface area contributed by atoms with Gasteiger partial charge in [-0.2, -0.15) is 0 Å². The van der Waals surface area contributed by atoms with Crippen LogP contribution in [0, 0.1) is 6.92 Å². The van der Waals surface area contributed by atoms with Gasteiger partial charge in [-0.3, -0.25) is 0 Å². The van der Waals surface area contributed by atoms with Gasteiger partial charge in [-0.05, 0) is 6.92 Å². The summed E-state index contributed by atoms with van der Waals surface area (Å²) in [6.07, 6.45) is -0.685. The Morgan fingerprint density at radius 1 is 2.00 bits per heavy atom. The van der Waals surface area contributed by atoms with Crippen molar-refractivity contribution in [3.63, 3.8) is 0 Å². The lowest BCUT2D eigenvalue weighted by Gasteiger charge is -1.79. The number of hydrogen-bond donors (Lipinski definition) is 1. The maximum atomic E-state index is 9.19. The van der Waals surface area contributed by atoms with Crippen molar-refractivity contribution < 1.29 is 9.90 Å². The molecule has 0 saturated heterocycles. The van der Waals surface area contributed by atoms with Gasteiger partial charge in [0, 0.05) is 0 Å². The Hall–Kier alpha value is -0.370. The molecule has 1 atom stereocenters. The van der Waals surface area contributed by atoms with Gasteiger partial charge in [0.15, 0.2) is 0 Å². The summed E-state index contributed by atoms with van der Waals surface area (Å²) in [6.45, 7) is 2.94. The van der Waals surface area contributed by atoms with E-state index in [2.05, 4.69) is 6.92 Å². The maximum absolute atomic E-state index is 9.19. The van der Waals surface area contributed by atoms with Crippen LogP contribution < -0.4 is 0 Å². The van der Waals surface area contributed by atoms with Crippen molar-refractivity contribution in [1.29, 1.82) is 0 Å². The lowest BCUT2D eigenvalue weighted by molar-refractivity contribution is -0.113. The second-order valence-electron chi connectivity index (χ2n) is 0.703. The third-order valence-electron chi connectivity index (χ3n) is 0.157. The van der Waals surface area contributed by atoms with Crippen LogP contribution in [0.1, 0.15) is 0 Å². The number of hydrogen-bond acceptors (Lipinski definition) is 2. The number of aldehydes is 1. The number of carbonyl (C=O) groups excluding carboxylic acids is 1. The monoisotopic (exact) mass is 73.0 g/mol. The molecule has 2 nitrogen and oxygen atoms in total. The van der Waals surface area contributed by atoms with Crippen LogP contribution in [0.2, 0.25) is 0 Å². The first kappa shape index (κ1) is 4.63. The average Bonchev–Trinajstić information content (AvgIpc) is 1.38. The van der Waals surface area contributed by atoms with Crippen molar-refractivity contribution in [1.82, 2.24) is 0 Å². The molecule has 5 heavy (non-hydrogen) atoms. The van der Waals surface area contributed by atoms with E-state index in [9.17, 15) is 4.79 Å². The van der Waals surface area contributed by atoms with E-state index in [1.54, 1.807) is 0 Å². The molecule has 0 heterocycles. The van der Waals surface area contributed by atoms with Crippen LogP contribution in [-0.2, 0) is 4.79 Å². The largest absolute Gasteiger partial charge is 0.386 e. The summed E-state index contributed by atoms with van der Waals surface area (Å²) in [4.78, 5) is 9.19. The van der Waals surface area contributed by atoms with E-state index >= 15 is 0 Å². The van der Waals surface area contributed by atoms with Crippen molar-refractivity contribution in [3.8, 4) is 0 Å². The van der Waals surface area contributed by atoms with Gasteiger partial charge < -0.3 is 9.90 Å². The van der Waals surface area contributed by atoms with Gasteiger partial charge in [0.25, 0.3) is 0 Å². The molecule has 1 radical (unpaired) electrons. The Morgan fingerprint density at radius 3 is 2.20 bits per heavy atom. The first-order valence-electron chi connectivity index (χ1n) is 1.24. The van der Waals surface area contributed by atoms with Gasteiger partial charge in [0.05, 0.1) is 0 Å². The highest BCUT2D eigenvalue weighted by atomic mass is 16.3. The lowest BCUT2D eigenvalue weighted by Crippen LogP contribution is -1.98. The third-order valence-corrected chi connectivity index (χ3v) is 0.157. The van der Waals surface area contributed by atoms with E-state index in [1.165, 1.54) is 0 Å². The van der Waals surface area contributed by atoms with E-state index in [0.717, 1.165) is 0 Å². The Kier molecular flexibility index (Phi) is 1.76. The number of aliphatic hydroxyl groups excluding tert-OH is 1. The second kappa shape index (κ2) is 1.91. The fourth-order valence-electron chi connectivity index (χ4n) is 0. The summed E-state index contributed by atoms with van der Waals surface area (Å²) < 4.78 is 0. The molecule has 0 amide bonds. The van der Waals surface area contributed by atoms with E-state index < -0.39 is 6.10 Å². The molecular weight excluding hydrogens is 68.0 g/mol.